The van der Waals surface area contributed by atoms with Crippen molar-refractivity contribution in [2.45, 2.75) is 6.04 Å². The molecular formula is C10H10ClN3O2S. The minimum absolute atomic E-state index is 0.0000113. The maximum atomic E-state index is 6.01. The van der Waals surface area contributed by atoms with Crippen molar-refractivity contribution in [1.82, 2.24) is 15.5 Å². The topological polar surface area (TPSA) is 60.2 Å². The van der Waals surface area contributed by atoms with E-state index < -0.39 is 0 Å². The standard InChI is InChI=1S/C10H10ClN3O2S/c11-6-1-4-17-8(6)10-13-9(14-16-10)7-5-15-3-2-12-7/h1,4,7,12H,2-3,5H2. The zero-order valence-corrected chi connectivity index (χ0v) is 10.4. The highest BCUT2D eigenvalue weighted by Gasteiger charge is 2.22. The molecule has 0 bridgehead atoms. The molecule has 0 aromatic carbocycles. The molecule has 1 fully saturated rings. The fourth-order valence-corrected chi connectivity index (χ4v) is 2.70. The molecule has 0 spiro atoms. The molecule has 2 aromatic rings. The number of ether oxygens (including phenoxy) is 1. The second-order valence-corrected chi connectivity index (χ2v) is 4.96. The highest BCUT2D eigenvalue weighted by atomic mass is 35.5. The first-order valence-corrected chi connectivity index (χ1v) is 6.48. The Labute approximate surface area is 107 Å². The van der Waals surface area contributed by atoms with Gasteiger partial charge in [0.15, 0.2) is 5.82 Å². The summed E-state index contributed by atoms with van der Waals surface area (Å²) < 4.78 is 10.6. The van der Waals surface area contributed by atoms with E-state index in [1.165, 1.54) is 11.3 Å². The van der Waals surface area contributed by atoms with Crippen LogP contribution in [-0.4, -0.2) is 29.9 Å². The van der Waals surface area contributed by atoms with Gasteiger partial charge in [0, 0.05) is 6.54 Å². The molecule has 0 amide bonds. The van der Waals surface area contributed by atoms with Gasteiger partial charge in [-0.15, -0.1) is 11.3 Å². The minimum atomic E-state index is -0.0000113. The van der Waals surface area contributed by atoms with Gasteiger partial charge in [-0.1, -0.05) is 16.8 Å². The van der Waals surface area contributed by atoms with Crippen LogP contribution in [0.1, 0.15) is 11.9 Å². The van der Waals surface area contributed by atoms with Crippen LogP contribution in [0, 0.1) is 0 Å². The second kappa shape index (κ2) is 4.73. The highest BCUT2D eigenvalue weighted by Crippen LogP contribution is 2.32. The summed E-state index contributed by atoms with van der Waals surface area (Å²) in [6, 6.07) is 1.81. The lowest BCUT2D eigenvalue weighted by Crippen LogP contribution is -2.35. The Morgan fingerprint density at radius 3 is 3.18 bits per heavy atom. The van der Waals surface area contributed by atoms with Crippen molar-refractivity contribution >= 4 is 22.9 Å². The van der Waals surface area contributed by atoms with E-state index in [1.807, 2.05) is 11.4 Å². The first-order valence-electron chi connectivity index (χ1n) is 5.22. The molecule has 0 aliphatic carbocycles. The summed E-state index contributed by atoms with van der Waals surface area (Å²) in [5.74, 6) is 1.08. The SMILES string of the molecule is Clc1ccsc1-c1nc(C2COCCN2)no1. The van der Waals surface area contributed by atoms with Crippen LogP contribution >= 0.6 is 22.9 Å². The number of hydrogen-bond donors (Lipinski definition) is 1. The molecule has 5 nitrogen and oxygen atoms in total. The molecule has 1 aliphatic heterocycles. The smallest absolute Gasteiger partial charge is 0.269 e. The molecular weight excluding hydrogens is 262 g/mol. The molecule has 1 N–H and O–H groups in total. The van der Waals surface area contributed by atoms with Crippen LogP contribution in [0.25, 0.3) is 10.8 Å². The Morgan fingerprint density at radius 1 is 1.53 bits per heavy atom. The average Bonchev–Trinajstić information content (AvgIpc) is 2.98. The van der Waals surface area contributed by atoms with Crippen molar-refractivity contribution < 1.29 is 9.26 Å². The number of aromatic nitrogens is 2. The van der Waals surface area contributed by atoms with Crippen LogP contribution in [0.4, 0.5) is 0 Å². The fraction of sp³-hybridized carbons (Fsp3) is 0.400. The van der Waals surface area contributed by atoms with Gasteiger partial charge in [0.25, 0.3) is 5.89 Å². The first-order chi connectivity index (χ1) is 8.34. The van der Waals surface area contributed by atoms with Crippen molar-refractivity contribution in [2.24, 2.45) is 0 Å². The van der Waals surface area contributed by atoms with Crippen LogP contribution in [0.15, 0.2) is 16.0 Å². The lowest BCUT2D eigenvalue weighted by atomic mass is 10.2. The van der Waals surface area contributed by atoms with Crippen LogP contribution in [-0.2, 0) is 4.74 Å². The molecule has 17 heavy (non-hydrogen) atoms. The molecule has 7 heteroatoms. The molecule has 1 unspecified atom stereocenters. The minimum Gasteiger partial charge on any atom is -0.378 e. The zero-order valence-electron chi connectivity index (χ0n) is 8.85. The van der Waals surface area contributed by atoms with E-state index in [1.54, 1.807) is 0 Å². The summed E-state index contributed by atoms with van der Waals surface area (Å²) in [6.45, 7) is 2.09. The number of halogens is 1. The summed E-state index contributed by atoms with van der Waals surface area (Å²) in [6.07, 6.45) is 0. The van der Waals surface area contributed by atoms with Gasteiger partial charge >= 0.3 is 0 Å². The fourth-order valence-electron chi connectivity index (χ4n) is 1.65. The van der Waals surface area contributed by atoms with Gasteiger partial charge in [0.05, 0.1) is 24.3 Å². The van der Waals surface area contributed by atoms with E-state index in [4.69, 9.17) is 20.9 Å². The third-order valence-electron chi connectivity index (χ3n) is 2.49. The van der Waals surface area contributed by atoms with Gasteiger partial charge in [0.1, 0.15) is 4.88 Å². The van der Waals surface area contributed by atoms with Gasteiger partial charge in [-0.05, 0) is 11.4 Å². The second-order valence-electron chi connectivity index (χ2n) is 3.64. The summed E-state index contributed by atoms with van der Waals surface area (Å²) >= 11 is 7.49. The third kappa shape index (κ3) is 2.21. The predicted octanol–water partition coefficient (Wildman–Crippen LogP) is 2.11. The first kappa shape index (κ1) is 11.2. The van der Waals surface area contributed by atoms with E-state index in [9.17, 15) is 0 Å². The molecule has 3 rings (SSSR count). The quantitative estimate of drug-likeness (QED) is 0.907. The van der Waals surface area contributed by atoms with Crippen molar-refractivity contribution in [1.29, 1.82) is 0 Å². The van der Waals surface area contributed by atoms with E-state index in [-0.39, 0.29) is 6.04 Å². The summed E-state index contributed by atoms with van der Waals surface area (Å²) in [5, 5.41) is 9.75. The maximum absolute atomic E-state index is 6.01. The number of hydrogen-bond acceptors (Lipinski definition) is 6. The number of thiophene rings is 1. The van der Waals surface area contributed by atoms with Crippen molar-refractivity contribution in [3.05, 3.63) is 22.3 Å². The molecule has 0 saturated carbocycles. The number of nitrogens with zero attached hydrogens (tertiary/aromatic N) is 2. The Balaban J connectivity index is 1.85. The van der Waals surface area contributed by atoms with Crippen LogP contribution in [0.3, 0.4) is 0 Å². The monoisotopic (exact) mass is 271 g/mol. The highest BCUT2D eigenvalue weighted by molar-refractivity contribution is 7.14. The van der Waals surface area contributed by atoms with E-state index in [0.29, 0.717) is 23.3 Å². The largest absolute Gasteiger partial charge is 0.378 e. The summed E-state index contributed by atoms with van der Waals surface area (Å²) in [7, 11) is 0. The lowest BCUT2D eigenvalue weighted by Gasteiger charge is -2.20. The average molecular weight is 272 g/mol. The number of rotatable bonds is 2. The Kier molecular flexibility index (Phi) is 3.11. The molecule has 1 atom stereocenters. The van der Waals surface area contributed by atoms with Gasteiger partial charge in [-0.25, -0.2) is 0 Å². The van der Waals surface area contributed by atoms with Crippen LogP contribution < -0.4 is 5.32 Å². The maximum Gasteiger partial charge on any atom is 0.269 e. The van der Waals surface area contributed by atoms with Crippen molar-refractivity contribution in [3.63, 3.8) is 0 Å². The Morgan fingerprint density at radius 2 is 2.47 bits per heavy atom. The van der Waals surface area contributed by atoms with Crippen LogP contribution in [0.5, 0.6) is 0 Å². The van der Waals surface area contributed by atoms with E-state index in [0.717, 1.165) is 18.0 Å². The van der Waals surface area contributed by atoms with Gasteiger partial charge < -0.3 is 14.6 Å². The molecule has 2 aromatic heterocycles. The number of nitrogens with one attached hydrogen (secondary N) is 1. The lowest BCUT2D eigenvalue weighted by molar-refractivity contribution is 0.0734. The van der Waals surface area contributed by atoms with Gasteiger partial charge in [0.2, 0.25) is 0 Å². The summed E-state index contributed by atoms with van der Waals surface area (Å²) in [5.41, 5.74) is 0. The molecule has 1 aliphatic rings. The summed E-state index contributed by atoms with van der Waals surface area (Å²) in [4.78, 5) is 5.15. The zero-order chi connectivity index (χ0) is 11.7. The van der Waals surface area contributed by atoms with Crippen molar-refractivity contribution in [2.75, 3.05) is 19.8 Å². The van der Waals surface area contributed by atoms with E-state index >= 15 is 0 Å². The van der Waals surface area contributed by atoms with Crippen LogP contribution in [0.2, 0.25) is 5.02 Å². The molecule has 3 heterocycles. The van der Waals surface area contributed by atoms with E-state index in [2.05, 4.69) is 15.5 Å². The third-order valence-corrected chi connectivity index (χ3v) is 3.82. The molecule has 90 valence electrons. The van der Waals surface area contributed by atoms with Crippen molar-refractivity contribution in [3.8, 4) is 10.8 Å². The Bertz CT molecular complexity index is 507. The van der Waals surface area contributed by atoms with Gasteiger partial charge in [-0.2, -0.15) is 4.98 Å². The predicted molar refractivity (Wildman–Crippen MR) is 64.2 cm³/mol. The molecule has 1 saturated heterocycles. The van der Waals surface area contributed by atoms with Gasteiger partial charge in [-0.3, -0.25) is 0 Å². The normalized spacial score (nSPS) is 20.6. The molecule has 0 radical (unpaired) electrons. The number of morpholine rings is 1. The Hall–Kier alpha value is -0.950.